The molecule has 7 nitrogen and oxygen atoms in total. The first-order valence-electron chi connectivity index (χ1n) is 7.59. The number of carbonyl (C=O) groups is 1. The van der Waals surface area contributed by atoms with Crippen LogP contribution in [0.3, 0.4) is 0 Å². The minimum Gasteiger partial charge on any atom is -0.394 e. The van der Waals surface area contributed by atoms with Crippen LogP contribution in [-0.2, 0) is 14.8 Å². The monoisotopic (exact) mass is 363 g/mol. The Morgan fingerprint density at radius 2 is 1.88 bits per heavy atom. The van der Waals surface area contributed by atoms with Crippen LogP contribution in [0.2, 0.25) is 0 Å². The van der Waals surface area contributed by atoms with E-state index in [0.29, 0.717) is 11.4 Å². The van der Waals surface area contributed by atoms with E-state index < -0.39 is 28.6 Å². The number of carbonyl (C=O) groups excluding carboxylic acids is 1. The number of sulfonamides is 1. The Labute approximate surface area is 147 Å². The molecule has 1 amide bonds. The van der Waals surface area contributed by atoms with Crippen molar-refractivity contribution in [3.05, 3.63) is 54.1 Å². The van der Waals surface area contributed by atoms with Gasteiger partial charge in [0.2, 0.25) is 5.91 Å². The number of nitrogens with zero attached hydrogens (tertiary/aromatic N) is 1. The Hall–Kier alpha value is -2.42. The molecular formula is C17H21N3O4S. The molecule has 0 fully saturated rings. The maximum Gasteiger partial charge on any atom is 0.261 e. The van der Waals surface area contributed by atoms with Gasteiger partial charge in [-0.3, -0.25) is 9.52 Å². The Bertz CT molecular complexity index is 853. The van der Waals surface area contributed by atoms with E-state index in [1.165, 1.54) is 24.1 Å². The van der Waals surface area contributed by atoms with E-state index in [1.54, 1.807) is 43.3 Å². The zero-order valence-corrected chi connectivity index (χ0v) is 14.8. The number of hydrogen-bond acceptors (Lipinski definition) is 5. The number of aryl methyl sites for hydroxylation is 1. The number of amides is 1. The summed E-state index contributed by atoms with van der Waals surface area (Å²) in [5.41, 5.74) is 7.16. The van der Waals surface area contributed by atoms with Crippen LogP contribution in [0.4, 0.5) is 11.4 Å². The lowest BCUT2D eigenvalue weighted by atomic mass is 10.1. The lowest BCUT2D eigenvalue weighted by Gasteiger charge is -2.23. The second-order valence-corrected chi connectivity index (χ2v) is 7.29. The van der Waals surface area contributed by atoms with Gasteiger partial charge in [0.15, 0.2) is 0 Å². The topological polar surface area (TPSA) is 113 Å². The summed E-state index contributed by atoms with van der Waals surface area (Å²) >= 11 is 0. The van der Waals surface area contributed by atoms with Gasteiger partial charge in [-0.1, -0.05) is 24.3 Å². The van der Waals surface area contributed by atoms with Crippen LogP contribution < -0.4 is 15.4 Å². The molecule has 2 aromatic carbocycles. The molecular weight excluding hydrogens is 342 g/mol. The average molecular weight is 363 g/mol. The fourth-order valence-corrected chi connectivity index (χ4v) is 3.36. The highest BCUT2D eigenvalue weighted by atomic mass is 32.2. The van der Waals surface area contributed by atoms with Crippen molar-refractivity contribution >= 4 is 27.3 Å². The fraction of sp³-hybridized carbons (Fsp3) is 0.235. The summed E-state index contributed by atoms with van der Waals surface area (Å²) in [6.07, 6.45) is 0. The summed E-state index contributed by atoms with van der Waals surface area (Å²) in [5.74, 6) is -0.464. The lowest BCUT2D eigenvalue weighted by Crippen LogP contribution is -2.44. The van der Waals surface area contributed by atoms with Crippen LogP contribution >= 0.6 is 0 Å². The van der Waals surface area contributed by atoms with E-state index in [2.05, 4.69) is 4.72 Å². The molecule has 25 heavy (non-hydrogen) atoms. The predicted octanol–water partition coefficient (Wildman–Crippen LogP) is 1.08. The van der Waals surface area contributed by atoms with Crippen molar-refractivity contribution in [2.45, 2.75) is 17.9 Å². The summed E-state index contributed by atoms with van der Waals surface area (Å²) in [5, 5.41) is 9.04. The maximum absolute atomic E-state index is 12.4. The van der Waals surface area contributed by atoms with Crippen LogP contribution in [0, 0.1) is 6.92 Å². The largest absolute Gasteiger partial charge is 0.394 e. The third-order valence-corrected chi connectivity index (χ3v) is 5.12. The molecule has 2 aromatic rings. The SMILES string of the molecule is Cc1ccc(NS(=O)(=O)c2ccccc2)cc1N(C)C(=O)[C@@H](N)CO. The fourth-order valence-electron chi connectivity index (χ4n) is 2.29. The van der Waals surface area contributed by atoms with Crippen molar-refractivity contribution in [3.63, 3.8) is 0 Å². The number of rotatable bonds is 6. The van der Waals surface area contributed by atoms with E-state index >= 15 is 0 Å². The highest BCUT2D eigenvalue weighted by Crippen LogP contribution is 2.25. The number of nitrogens with one attached hydrogen (secondary N) is 1. The average Bonchev–Trinajstić information content (AvgIpc) is 2.62. The lowest BCUT2D eigenvalue weighted by molar-refractivity contribution is -0.120. The molecule has 0 saturated heterocycles. The van der Waals surface area contributed by atoms with Gasteiger partial charge in [-0.15, -0.1) is 0 Å². The van der Waals surface area contributed by atoms with Crippen molar-refractivity contribution < 1.29 is 18.3 Å². The third-order valence-electron chi connectivity index (χ3n) is 3.72. The minimum atomic E-state index is -3.73. The maximum atomic E-state index is 12.4. The van der Waals surface area contributed by atoms with Gasteiger partial charge >= 0.3 is 0 Å². The molecule has 0 aliphatic rings. The van der Waals surface area contributed by atoms with Crippen LogP contribution in [0.1, 0.15) is 5.56 Å². The van der Waals surface area contributed by atoms with Gasteiger partial charge in [0.1, 0.15) is 6.04 Å². The molecule has 0 aliphatic heterocycles. The number of benzene rings is 2. The smallest absolute Gasteiger partial charge is 0.261 e. The first-order valence-corrected chi connectivity index (χ1v) is 9.07. The molecule has 0 spiro atoms. The normalized spacial score (nSPS) is 12.5. The second kappa shape index (κ2) is 7.64. The summed E-state index contributed by atoms with van der Waals surface area (Å²) < 4.78 is 27.3. The molecule has 4 N–H and O–H groups in total. The highest BCUT2D eigenvalue weighted by molar-refractivity contribution is 7.92. The van der Waals surface area contributed by atoms with E-state index in [9.17, 15) is 13.2 Å². The Balaban J connectivity index is 2.32. The van der Waals surface area contributed by atoms with Gasteiger partial charge in [0.25, 0.3) is 10.0 Å². The van der Waals surface area contributed by atoms with Crippen LogP contribution in [-0.4, -0.2) is 39.1 Å². The highest BCUT2D eigenvalue weighted by Gasteiger charge is 2.21. The zero-order valence-electron chi connectivity index (χ0n) is 14.0. The van der Waals surface area contributed by atoms with Gasteiger partial charge in [-0.2, -0.15) is 0 Å². The van der Waals surface area contributed by atoms with Gasteiger partial charge in [0, 0.05) is 12.7 Å². The summed E-state index contributed by atoms with van der Waals surface area (Å²) in [7, 11) is -2.20. The van der Waals surface area contributed by atoms with Crippen molar-refractivity contribution in [3.8, 4) is 0 Å². The summed E-state index contributed by atoms with van der Waals surface area (Å²) in [4.78, 5) is 13.6. The molecule has 8 heteroatoms. The molecule has 0 aliphatic carbocycles. The van der Waals surface area contributed by atoms with Crippen molar-refractivity contribution in [2.75, 3.05) is 23.3 Å². The zero-order chi connectivity index (χ0) is 18.6. The van der Waals surface area contributed by atoms with Crippen LogP contribution in [0.5, 0.6) is 0 Å². The molecule has 0 unspecified atom stereocenters. The predicted molar refractivity (Wildman–Crippen MR) is 96.9 cm³/mol. The molecule has 0 bridgehead atoms. The van der Waals surface area contributed by atoms with E-state index in [4.69, 9.17) is 10.8 Å². The minimum absolute atomic E-state index is 0.142. The van der Waals surface area contributed by atoms with Crippen LogP contribution in [0.25, 0.3) is 0 Å². The van der Waals surface area contributed by atoms with Crippen molar-refractivity contribution in [1.82, 2.24) is 0 Å². The van der Waals surface area contributed by atoms with Crippen molar-refractivity contribution in [2.24, 2.45) is 5.73 Å². The first kappa shape index (κ1) is 18.9. The second-order valence-electron chi connectivity index (χ2n) is 5.61. The number of aliphatic hydroxyl groups excluding tert-OH is 1. The summed E-state index contributed by atoms with van der Waals surface area (Å²) in [6, 6.07) is 11.8. The van der Waals surface area contributed by atoms with Gasteiger partial charge < -0.3 is 15.7 Å². The molecule has 134 valence electrons. The number of anilines is 2. The van der Waals surface area contributed by atoms with Crippen molar-refractivity contribution in [1.29, 1.82) is 0 Å². The summed E-state index contributed by atoms with van der Waals surface area (Å²) in [6.45, 7) is 1.32. The number of nitrogens with two attached hydrogens (primary N) is 1. The number of hydrogen-bond donors (Lipinski definition) is 3. The van der Waals surface area contributed by atoms with Crippen LogP contribution in [0.15, 0.2) is 53.4 Å². The molecule has 2 rings (SSSR count). The standard InChI is InChI=1S/C17H21N3O4S/c1-12-8-9-13(10-16(12)20(2)17(22)15(18)11-21)19-25(23,24)14-6-4-3-5-7-14/h3-10,15,19,21H,11,18H2,1-2H3/t15-/m0/s1. The Morgan fingerprint density at radius 3 is 2.48 bits per heavy atom. The van der Waals surface area contributed by atoms with E-state index in [-0.39, 0.29) is 4.90 Å². The molecule has 0 saturated carbocycles. The Morgan fingerprint density at radius 1 is 1.24 bits per heavy atom. The van der Waals surface area contributed by atoms with E-state index in [0.717, 1.165) is 5.56 Å². The first-order chi connectivity index (χ1) is 11.8. The Kier molecular flexibility index (Phi) is 5.78. The quantitative estimate of drug-likeness (QED) is 0.711. The van der Waals surface area contributed by atoms with E-state index in [1.807, 2.05) is 0 Å². The number of aliphatic hydroxyl groups is 1. The van der Waals surface area contributed by atoms with Gasteiger partial charge in [-0.05, 0) is 36.8 Å². The van der Waals surface area contributed by atoms with Gasteiger partial charge in [-0.25, -0.2) is 8.42 Å². The molecule has 1 atom stereocenters. The molecule has 0 radical (unpaired) electrons. The number of likely N-dealkylation sites (N-methyl/N-ethyl adjacent to an activating group) is 1. The molecule has 0 heterocycles. The third kappa shape index (κ3) is 4.36. The van der Waals surface area contributed by atoms with Gasteiger partial charge in [0.05, 0.1) is 17.2 Å². The molecule has 0 aromatic heterocycles.